The first-order valence-corrected chi connectivity index (χ1v) is 7.83. The Morgan fingerprint density at radius 2 is 2.14 bits per heavy atom. The van der Waals surface area contributed by atoms with Gasteiger partial charge >= 0.3 is 0 Å². The van der Waals surface area contributed by atoms with Crippen LogP contribution in [0.1, 0.15) is 44.9 Å². The van der Waals surface area contributed by atoms with Gasteiger partial charge in [-0.1, -0.05) is 19.1 Å². The van der Waals surface area contributed by atoms with Crippen LogP contribution in [0.15, 0.2) is 24.3 Å². The van der Waals surface area contributed by atoms with E-state index in [0.717, 1.165) is 41.6 Å². The summed E-state index contributed by atoms with van der Waals surface area (Å²) >= 11 is 0. The molecular formula is C17H23N3O. The zero-order valence-corrected chi connectivity index (χ0v) is 12.8. The maximum absolute atomic E-state index is 6.37. The summed E-state index contributed by atoms with van der Waals surface area (Å²) in [5, 5.41) is 0. The Kier molecular flexibility index (Phi) is 3.86. The van der Waals surface area contributed by atoms with Crippen LogP contribution < -0.4 is 10.5 Å². The fraction of sp³-hybridized carbons (Fsp3) is 0.471. The highest BCUT2D eigenvalue weighted by Gasteiger charge is 2.30. The summed E-state index contributed by atoms with van der Waals surface area (Å²) < 4.78 is 7.77. The number of benzene rings is 1. The van der Waals surface area contributed by atoms with Gasteiger partial charge in [0.2, 0.25) is 0 Å². The third kappa shape index (κ3) is 2.75. The number of ether oxygens (including phenoxy) is 1. The second-order valence-corrected chi connectivity index (χ2v) is 5.59. The maximum atomic E-state index is 6.37. The first-order chi connectivity index (χ1) is 10.2. The van der Waals surface area contributed by atoms with Crippen molar-refractivity contribution in [1.29, 1.82) is 0 Å². The summed E-state index contributed by atoms with van der Waals surface area (Å²) in [6.45, 7) is 5.76. The molecule has 1 aromatic heterocycles. The van der Waals surface area contributed by atoms with Gasteiger partial charge in [0, 0.05) is 18.0 Å². The molecule has 1 fully saturated rings. The van der Waals surface area contributed by atoms with Gasteiger partial charge in [0.15, 0.2) is 0 Å². The molecule has 3 rings (SSSR count). The highest BCUT2D eigenvalue weighted by molar-refractivity contribution is 5.72. The molecule has 0 saturated heterocycles. The van der Waals surface area contributed by atoms with E-state index in [9.17, 15) is 0 Å². The average Bonchev–Trinajstić information content (AvgIpc) is 3.27. The van der Waals surface area contributed by atoms with E-state index in [0.29, 0.717) is 12.5 Å². The molecule has 0 aliphatic heterocycles. The average molecular weight is 285 g/mol. The van der Waals surface area contributed by atoms with Crippen LogP contribution in [-0.4, -0.2) is 16.2 Å². The van der Waals surface area contributed by atoms with Crippen molar-refractivity contribution in [3.8, 4) is 17.0 Å². The Balaban J connectivity index is 2.01. The molecule has 0 atom stereocenters. The molecule has 0 amide bonds. The van der Waals surface area contributed by atoms with Crippen LogP contribution in [-0.2, 0) is 6.54 Å². The fourth-order valence-corrected chi connectivity index (χ4v) is 2.71. The van der Waals surface area contributed by atoms with E-state index < -0.39 is 0 Å². The standard InChI is InChI=1S/C17H23N3O/c1-3-10-20-16(18)15(19-17(20)12-8-9-12)13-6-5-7-14(11-13)21-4-2/h5-7,11-12H,3-4,8-10,18H2,1-2H3. The van der Waals surface area contributed by atoms with Gasteiger partial charge in [-0.3, -0.25) is 0 Å². The molecule has 2 N–H and O–H groups in total. The predicted molar refractivity (Wildman–Crippen MR) is 85.5 cm³/mol. The van der Waals surface area contributed by atoms with E-state index in [1.807, 2.05) is 31.2 Å². The van der Waals surface area contributed by atoms with Crippen molar-refractivity contribution in [1.82, 2.24) is 9.55 Å². The zero-order chi connectivity index (χ0) is 14.8. The molecule has 2 aromatic rings. The first kappa shape index (κ1) is 14.0. The summed E-state index contributed by atoms with van der Waals surface area (Å²) in [7, 11) is 0. The number of nitrogens with two attached hydrogens (primary N) is 1. The number of nitrogen functional groups attached to an aromatic ring is 1. The molecule has 1 saturated carbocycles. The third-order valence-corrected chi connectivity index (χ3v) is 3.84. The van der Waals surface area contributed by atoms with Crippen LogP contribution in [0, 0.1) is 0 Å². The smallest absolute Gasteiger partial charge is 0.131 e. The minimum atomic E-state index is 0.600. The minimum Gasteiger partial charge on any atom is -0.494 e. The number of anilines is 1. The first-order valence-electron chi connectivity index (χ1n) is 7.83. The lowest BCUT2D eigenvalue weighted by Gasteiger charge is -2.08. The summed E-state index contributed by atoms with van der Waals surface area (Å²) in [5.74, 6) is 3.41. The molecule has 4 heteroatoms. The molecule has 1 aliphatic rings. The van der Waals surface area contributed by atoms with Gasteiger partial charge in [-0.25, -0.2) is 4.98 Å². The Morgan fingerprint density at radius 1 is 1.33 bits per heavy atom. The summed E-state index contributed by atoms with van der Waals surface area (Å²) in [4.78, 5) is 4.84. The second-order valence-electron chi connectivity index (χ2n) is 5.59. The number of aromatic nitrogens is 2. The van der Waals surface area contributed by atoms with Crippen molar-refractivity contribution in [3.63, 3.8) is 0 Å². The van der Waals surface area contributed by atoms with Crippen molar-refractivity contribution in [3.05, 3.63) is 30.1 Å². The molecule has 1 aliphatic carbocycles. The van der Waals surface area contributed by atoms with Crippen LogP contribution >= 0.6 is 0 Å². The van der Waals surface area contributed by atoms with Gasteiger partial charge in [-0.2, -0.15) is 0 Å². The van der Waals surface area contributed by atoms with Crippen molar-refractivity contribution in [2.24, 2.45) is 0 Å². The molecule has 1 aromatic carbocycles. The van der Waals surface area contributed by atoms with Crippen molar-refractivity contribution >= 4 is 5.82 Å². The summed E-state index contributed by atoms with van der Waals surface area (Å²) in [6.07, 6.45) is 3.54. The predicted octanol–water partition coefficient (Wildman–Crippen LogP) is 3.82. The third-order valence-electron chi connectivity index (χ3n) is 3.84. The van der Waals surface area contributed by atoms with Gasteiger partial charge in [-0.15, -0.1) is 0 Å². The van der Waals surface area contributed by atoms with E-state index in [-0.39, 0.29) is 0 Å². The summed E-state index contributed by atoms with van der Waals surface area (Å²) in [6, 6.07) is 8.03. The minimum absolute atomic E-state index is 0.600. The Morgan fingerprint density at radius 3 is 2.81 bits per heavy atom. The second kappa shape index (κ2) is 5.80. The van der Waals surface area contributed by atoms with E-state index in [4.69, 9.17) is 15.5 Å². The number of imidazole rings is 1. The van der Waals surface area contributed by atoms with Crippen molar-refractivity contribution in [2.45, 2.75) is 45.6 Å². The highest BCUT2D eigenvalue weighted by Crippen LogP contribution is 2.42. The lowest BCUT2D eigenvalue weighted by molar-refractivity contribution is 0.340. The Hall–Kier alpha value is -1.97. The van der Waals surface area contributed by atoms with E-state index in [1.54, 1.807) is 0 Å². The monoisotopic (exact) mass is 285 g/mol. The molecular weight excluding hydrogens is 262 g/mol. The lowest BCUT2D eigenvalue weighted by Crippen LogP contribution is -2.06. The molecule has 0 radical (unpaired) electrons. The largest absolute Gasteiger partial charge is 0.494 e. The molecule has 0 bridgehead atoms. The van der Waals surface area contributed by atoms with Crippen molar-refractivity contribution in [2.75, 3.05) is 12.3 Å². The summed E-state index contributed by atoms with van der Waals surface area (Å²) in [5.41, 5.74) is 8.30. The fourth-order valence-electron chi connectivity index (χ4n) is 2.71. The quantitative estimate of drug-likeness (QED) is 0.878. The SMILES string of the molecule is CCCn1c(C2CC2)nc(-c2cccc(OCC)c2)c1N. The topological polar surface area (TPSA) is 53.1 Å². The lowest BCUT2D eigenvalue weighted by atomic mass is 10.1. The highest BCUT2D eigenvalue weighted by atomic mass is 16.5. The van der Waals surface area contributed by atoms with E-state index in [2.05, 4.69) is 11.5 Å². The molecule has 0 unspecified atom stereocenters. The van der Waals surface area contributed by atoms with Gasteiger partial charge in [0.25, 0.3) is 0 Å². The molecule has 21 heavy (non-hydrogen) atoms. The van der Waals surface area contributed by atoms with Crippen LogP contribution in [0.5, 0.6) is 5.75 Å². The van der Waals surface area contributed by atoms with Crippen LogP contribution in [0.4, 0.5) is 5.82 Å². The Labute approximate surface area is 125 Å². The molecule has 4 nitrogen and oxygen atoms in total. The van der Waals surface area contributed by atoms with Crippen LogP contribution in [0.25, 0.3) is 11.3 Å². The Bertz CT molecular complexity index is 629. The number of hydrogen-bond donors (Lipinski definition) is 1. The molecule has 1 heterocycles. The van der Waals surface area contributed by atoms with Gasteiger partial charge < -0.3 is 15.0 Å². The van der Waals surface area contributed by atoms with Gasteiger partial charge in [0.1, 0.15) is 23.1 Å². The van der Waals surface area contributed by atoms with Crippen LogP contribution in [0.3, 0.4) is 0 Å². The van der Waals surface area contributed by atoms with Gasteiger partial charge in [-0.05, 0) is 38.3 Å². The van der Waals surface area contributed by atoms with Crippen molar-refractivity contribution < 1.29 is 4.74 Å². The number of rotatable bonds is 6. The van der Waals surface area contributed by atoms with E-state index in [1.165, 1.54) is 12.8 Å². The number of nitrogens with zero attached hydrogens (tertiary/aromatic N) is 2. The van der Waals surface area contributed by atoms with E-state index >= 15 is 0 Å². The van der Waals surface area contributed by atoms with Gasteiger partial charge in [0.05, 0.1) is 6.61 Å². The number of hydrogen-bond acceptors (Lipinski definition) is 3. The molecule has 0 spiro atoms. The normalized spacial score (nSPS) is 14.4. The zero-order valence-electron chi connectivity index (χ0n) is 12.8. The maximum Gasteiger partial charge on any atom is 0.131 e. The molecule has 112 valence electrons. The van der Waals surface area contributed by atoms with Crippen LogP contribution in [0.2, 0.25) is 0 Å².